The van der Waals surface area contributed by atoms with Gasteiger partial charge in [0.1, 0.15) is 11.8 Å². The molecule has 0 radical (unpaired) electrons. The van der Waals surface area contributed by atoms with Crippen LogP contribution in [0.3, 0.4) is 0 Å². The van der Waals surface area contributed by atoms with Crippen molar-refractivity contribution in [1.82, 2.24) is 5.32 Å². The first-order valence-electron chi connectivity index (χ1n) is 6.69. The van der Waals surface area contributed by atoms with Crippen LogP contribution in [-0.4, -0.2) is 32.3 Å². The van der Waals surface area contributed by atoms with Gasteiger partial charge in [-0.15, -0.1) is 0 Å². The average molecular weight is 294 g/mol. The summed E-state index contributed by atoms with van der Waals surface area (Å²) in [6, 6.07) is 4.79. The number of anilines is 1. The van der Waals surface area contributed by atoms with Crippen molar-refractivity contribution in [3.05, 3.63) is 23.8 Å². The molecule has 2 N–H and O–H groups in total. The van der Waals surface area contributed by atoms with Gasteiger partial charge in [0.05, 0.1) is 19.9 Å². The largest absolute Gasteiger partial charge is 0.495 e. The Balaban J connectivity index is 2.91. The summed E-state index contributed by atoms with van der Waals surface area (Å²) in [5.74, 6) is 0.161. The van der Waals surface area contributed by atoms with Gasteiger partial charge in [-0.1, -0.05) is 19.9 Å². The van der Waals surface area contributed by atoms with E-state index in [0.29, 0.717) is 11.4 Å². The van der Waals surface area contributed by atoms with Crippen molar-refractivity contribution < 1.29 is 19.1 Å². The lowest BCUT2D eigenvalue weighted by Gasteiger charge is -2.21. The molecule has 1 aromatic rings. The second-order valence-corrected chi connectivity index (χ2v) is 5.05. The van der Waals surface area contributed by atoms with Gasteiger partial charge in [0, 0.05) is 0 Å². The summed E-state index contributed by atoms with van der Waals surface area (Å²) in [4.78, 5) is 23.7. The summed E-state index contributed by atoms with van der Waals surface area (Å²) in [6.45, 7) is 5.60. The molecule has 21 heavy (non-hydrogen) atoms. The first-order chi connectivity index (χ1) is 9.88. The minimum absolute atomic E-state index is 0.0834. The Hall–Kier alpha value is -2.24. The fourth-order valence-corrected chi connectivity index (χ4v) is 1.85. The molecule has 116 valence electrons. The number of amides is 2. The second-order valence-electron chi connectivity index (χ2n) is 5.05. The van der Waals surface area contributed by atoms with Crippen molar-refractivity contribution in [3.63, 3.8) is 0 Å². The quantitative estimate of drug-likeness (QED) is 0.873. The molecule has 0 saturated carbocycles. The minimum atomic E-state index is -0.692. The van der Waals surface area contributed by atoms with Crippen LogP contribution in [0.25, 0.3) is 0 Å². The Labute approximate surface area is 124 Å². The van der Waals surface area contributed by atoms with E-state index in [1.807, 2.05) is 32.9 Å². The van der Waals surface area contributed by atoms with E-state index >= 15 is 0 Å². The monoisotopic (exact) mass is 294 g/mol. The van der Waals surface area contributed by atoms with Gasteiger partial charge in [0.2, 0.25) is 5.91 Å². The second kappa shape index (κ2) is 7.52. The molecule has 0 aromatic heterocycles. The van der Waals surface area contributed by atoms with Crippen LogP contribution in [0.1, 0.15) is 19.4 Å². The van der Waals surface area contributed by atoms with Crippen LogP contribution in [-0.2, 0) is 9.53 Å². The number of rotatable bonds is 5. The standard InChI is InChI=1S/C15H22N2O4/c1-9(2)13(17-15(19)21-5)14(18)16-11-8-10(3)6-7-12(11)20-4/h6-9,13H,1-5H3,(H,16,18)(H,17,19). The van der Waals surface area contributed by atoms with Crippen molar-refractivity contribution in [2.75, 3.05) is 19.5 Å². The molecule has 1 rings (SSSR count). The van der Waals surface area contributed by atoms with Crippen LogP contribution in [0.5, 0.6) is 5.75 Å². The predicted molar refractivity (Wildman–Crippen MR) is 80.5 cm³/mol. The van der Waals surface area contributed by atoms with Crippen molar-refractivity contribution in [2.45, 2.75) is 26.8 Å². The third kappa shape index (κ3) is 4.66. The van der Waals surface area contributed by atoms with Crippen molar-refractivity contribution in [3.8, 4) is 5.75 Å². The molecule has 0 fully saturated rings. The number of alkyl carbamates (subject to hydrolysis) is 1. The van der Waals surface area contributed by atoms with Gasteiger partial charge in [-0.25, -0.2) is 4.79 Å². The van der Waals surface area contributed by atoms with Crippen LogP contribution in [0.15, 0.2) is 18.2 Å². The number of benzene rings is 1. The fourth-order valence-electron chi connectivity index (χ4n) is 1.85. The van der Waals surface area contributed by atoms with E-state index in [2.05, 4.69) is 15.4 Å². The molecule has 0 aliphatic heterocycles. The predicted octanol–water partition coefficient (Wildman–Crippen LogP) is 2.32. The highest BCUT2D eigenvalue weighted by Gasteiger charge is 2.25. The van der Waals surface area contributed by atoms with Gasteiger partial charge in [-0.2, -0.15) is 0 Å². The molecule has 2 amide bonds. The Kier molecular flexibility index (Phi) is 6.02. The highest BCUT2D eigenvalue weighted by atomic mass is 16.5. The SMILES string of the molecule is COC(=O)NC(C(=O)Nc1cc(C)ccc1OC)C(C)C. The maximum Gasteiger partial charge on any atom is 0.407 e. The molecular weight excluding hydrogens is 272 g/mol. The Morgan fingerprint density at radius 1 is 1.19 bits per heavy atom. The lowest BCUT2D eigenvalue weighted by molar-refractivity contribution is -0.119. The summed E-state index contributed by atoms with van der Waals surface area (Å²) >= 11 is 0. The van der Waals surface area contributed by atoms with Crippen molar-refractivity contribution in [1.29, 1.82) is 0 Å². The number of methoxy groups -OCH3 is 2. The van der Waals surface area contributed by atoms with E-state index in [1.165, 1.54) is 14.2 Å². The zero-order valence-corrected chi connectivity index (χ0v) is 13.0. The van der Waals surface area contributed by atoms with Crippen LogP contribution in [0, 0.1) is 12.8 Å². The zero-order chi connectivity index (χ0) is 16.0. The molecule has 0 bridgehead atoms. The van der Waals surface area contributed by atoms with Gasteiger partial charge >= 0.3 is 6.09 Å². The van der Waals surface area contributed by atoms with Crippen LogP contribution in [0.4, 0.5) is 10.5 Å². The van der Waals surface area contributed by atoms with Gasteiger partial charge < -0.3 is 20.1 Å². The Morgan fingerprint density at radius 2 is 1.86 bits per heavy atom. The average Bonchev–Trinajstić information content (AvgIpc) is 2.44. The normalized spacial score (nSPS) is 11.7. The third-order valence-electron chi connectivity index (χ3n) is 3.02. The molecule has 0 aliphatic carbocycles. The molecule has 0 heterocycles. The van der Waals surface area contributed by atoms with Crippen LogP contribution in [0.2, 0.25) is 0 Å². The fraction of sp³-hybridized carbons (Fsp3) is 0.467. The summed E-state index contributed by atoms with van der Waals surface area (Å²) in [6.07, 6.45) is -0.639. The smallest absolute Gasteiger partial charge is 0.407 e. The van der Waals surface area contributed by atoms with E-state index in [4.69, 9.17) is 4.74 Å². The molecule has 0 aliphatic rings. The topological polar surface area (TPSA) is 76.7 Å². The van der Waals surface area contributed by atoms with E-state index in [-0.39, 0.29) is 11.8 Å². The number of hydrogen-bond donors (Lipinski definition) is 2. The van der Waals surface area contributed by atoms with E-state index in [9.17, 15) is 9.59 Å². The van der Waals surface area contributed by atoms with Crippen molar-refractivity contribution >= 4 is 17.7 Å². The minimum Gasteiger partial charge on any atom is -0.495 e. The maximum absolute atomic E-state index is 12.3. The molecule has 0 spiro atoms. The molecule has 6 nitrogen and oxygen atoms in total. The van der Waals surface area contributed by atoms with Gasteiger partial charge in [0.15, 0.2) is 0 Å². The van der Waals surface area contributed by atoms with Gasteiger partial charge in [-0.3, -0.25) is 4.79 Å². The number of hydrogen-bond acceptors (Lipinski definition) is 4. The Bertz CT molecular complexity index is 514. The zero-order valence-electron chi connectivity index (χ0n) is 13.0. The van der Waals surface area contributed by atoms with Crippen LogP contribution < -0.4 is 15.4 Å². The van der Waals surface area contributed by atoms with Crippen molar-refractivity contribution in [2.24, 2.45) is 5.92 Å². The van der Waals surface area contributed by atoms with E-state index in [0.717, 1.165) is 5.56 Å². The maximum atomic E-state index is 12.3. The molecule has 1 atom stereocenters. The number of nitrogens with one attached hydrogen (secondary N) is 2. The summed E-state index contributed by atoms with van der Waals surface area (Å²) in [7, 11) is 2.79. The highest BCUT2D eigenvalue weighted by Crippen LogP contribution is 2.25. The summed E-state index contributed by atoms with van der Waals surface area (Å²) in [5, 5.41) is 5.30. The van der Waals surface area contributed by atoms with Gasteiger partial charge in [0.25, 0.3) is 0 Å². The number of aryl methyl sites for hydroxylation is 1. The summed E-state index contributed by atoms with van der Waals surface area (Å²) in [5.41, 5.74) is 1.56. The molecule has 6 heteroatoms. The first kappa shape index (κ1) is 16.8. The first-order valence-corrected chi connectivity index (χ1v) is 6.69. The van der Waals surface area contributed by atoms with E-state index in [1.54, 1.807) is 6.07 Å². The molecule has 1 unspecified atom stereocenters. The highest BCUT2D eigenvalue weighted by molar-refractivity contribution is 5.97. The molecule has 0 saturated heterocycles. The van der Waals surface area contributed by atoms with Gasteiger partial charge in [-0.05, 0) is 30.5 Å². The number of carbonyl (C=O) groups is 2. The summed E-state index contributed by atoms with van der Waals surface area (Å²) < 4.78 is 9.76. The van der Waals surface area contributed by atoms with E-state index < -0.39 is 12.1 Å². The molecule has 1 aromatic carbocycles. The van der Waals surface area contributed by atoms with Crippen LogP contribution >= 0.6 is 0 Å². The third-order valence-corrected chi connectivity index (χ3v) is 3.02. The molecular formula is C15H22N2O4. The number of carbonyl (C=O) groups excluding carboxylic acids is 2. The lowest BCUT2D eigenvalue weighted by Crippen LogP contribution is -2.47. The lowest BCUT2D eigenvalue weighted by atomic mass is 10.0. The Morgan fingerprint density at radius 3 is 2.38 bits per heavy atom. The number of ether oxygens (including phenoxy) is 2.